The molecule has 0 aliphatic rings. The molecule has 0 fully saturated rings. The van der Waals surface area contributed by atoms with Crippen molar-refractivity contribution in [1.29, 1.82) is 0 Å². The van der Waals surface area contributed by atoms with Crippen LogP contribution in [-0.4, -0.2) is 15.7 Å². The molecule has 0 radical (unpaired) electrons. The maximum absolute atomic E-state index is 12.7. The van der Waals surface area contributed by atoms with E-state index in [9.17, 15) is 9.59 Å². The molecule has 29 heavy (non-hydrogen) atoms. The summed E-state index contributed by atoms with van der Waals surface area (Å²) < 4.78 is 7.34. The van der Waals surface area contributed by atoms with Gasteiger partial charge < -0.3 is 10.1 Å². The van der Waals surface area contributed by atoms with Gasteiger partial charge in [-0.2, -0.15) is 5.10 Å². The lowest BCUT2D eigenvalue weighted by atomic mass is 10.2. The van der Waals surface area contributed by atoms with E-state index in [-0.39, 0.29) is 17.9 Å². The van der Waals surface area contributed by atoms with E-state index in [1.165, 1.54) is 10.9 Å². The highest BCUT2D eigenvalue weighted by Crippen LogP contribution is 2.32. The number of para-hydroxylation sites is 2. The zero-order chi connectivity index (χ0) is 20.2. The van der Waals surface area contributed by atoms with Crippen LogP contribution in [0, 0.1) is 0 Å². The van der Waals surface area contributed by atoms with Crippen molar-refractivity contribution in [1.82, 2.24) is 9.78 Å². The van der Waals surface area contributed by atoms with Crippen LogP contribution in [0.15, 0.2) is 83.8 Å². The highest BCUT2D eigenvalue weighted by molar-refractivity contribution is 6.31. The quantitative estimate of drug-likeness (QED) is 0.531. The third-order valence-corrected chi connectivity index (χ3v) is 4.48. The van der Waals surface area contributed by atoms with Crippen LogP contribution in [0.3, 0.4) is 0 Å². The number of aromatic nitrogens is 2. The number of halogens is 1. The van der Waals surface area contributed by atoms with E-state index in [0.717, 1.165) is 0 Å². The average molecular weight is 406 g/mol. The van der Waals surface area contributed by atoms with Crippen LogP contribution in [0.25, 0.3) is 10.9 Å². The first kappa shape index (κ1) is 18.7. The fraction of sp³-hybridized carbons (Fsp3) is 0.0455. The number of carbonyl (C=O) groups excluding carboxylic acids is 1. The van der Waals surface area contributed by atoms with Gasteiger partial charge in [0.15, 0.2) is 5.75 Å². The number of hydrogen-bond donors (Lipinski definition) is 1. The third-order valence-electron chi connectivity index (χ3n) is 4.24. The molecule has 7 heteroatoms. The van der Waals surface area contributed by atoms with E-state index in [0.29, 0.717) is 33.1 Å². The standard InChI is InChI=1S/C22H16ClN3O3/c23-15-10-11-21(29-16-6-2-1-3-7-16)18(12-15)25-22(28)14-26-19-9-5-4-8-17(19)20(27)13-24-26/h1-13H,14H2,(H,25,28). The first-order valence-electron chi connectivity index (χ1n) is 8.87. The molecule has 0 saturated heterocycles. The van der Waals surface area contributed by atoms with E-state index in [2.05, 4.69) is 10.4 Å². The SMILES string of the molecule is O=C(Cn1ncc(=O)c2ccccc21)Nc1cc(Cl)ccc1Oc1ccccc1. The van der Waals surface area contributed by atoms with Gasteiger partial charge >= 0.3 is 0 Å². The molecule has 1 heterocycles. The van der Waals surface area contributed by atoms with Crippen molar-refractivity contribution in [3.05, 3.63) is 94.2 Å². The Labute approximate surface area is 171 Å². The van der Waals surface area contributed by atoms with Crippen LogP contribution in [0.4, 0.5) is 5.69 Å². The minimum Gasteiger partial charge on any atom is -0.455 e. The van der Waals surface area contributed by atoms with Gasteiger partial charge in [0.2, 0.25) is 11.3 Å². The zero-order valence-corrected chi connectivity index (χ0v) is 16.0. The molecule has 1 aromatic heterocycles. The Kier molecular flexibility index (Phi) is 5.27. The van der Waals surface area contributed by atoms with Crippen LogP contribution in [0.2, 0.25) is 5.02 Å². The molecule has 0 spiro atoms. The summed E-state index contributed by atoms with van der Waals surface area (Å²) in [6.45, 7) is -0.0713. The van der Waals surface area contributed by atoms with Gasteiger partial charge in [0.25, 0.3) is 0 Å². The zero-order valence-electron chi connectivity index (χ0n) is 15.2. The second kappa shape index (κ2) is 8.16. The summed E-state index contributed by atoms with van der Waals surface area (Å²) in [4.78, 5) is 24.6. The number of rotatable bonds is 5. The van der Waals surface area contributed by atoms with Crippen molar-refractivity contribution < 1.29 is 9.53 Å². The summed E-state index contributed by atoms with van der Waals surface area (Å²) in [7, 11) is 0. The maximum Gasteiger partial charge on any atom is 0.246 e. The molecule has 4 aromatic rings. The largest absolute Gasteiger partial charge is 0.455 e. The highest BCUT2D eigenvalue weighted by atomic mass is 35.5. The number of nitrogens with zero attached hydrogens (tertiary/aromatic N) is 2. The molecule has 144 valence electrons. The van der Waals surface area contributed by atoms with Crippen molar-refractivity contribution in [2.45, 2.75) is 6.54 Å². The number of hydrogen-bond acceptors (Lipinski definition) is 4. The lowest BCUT2D eigenvalue weighted by Gasteiger charge is -2.14. The van der Waals surface area contributed by atoms with E-state index in [4.69, 9.17) is 16.3 Å². The summed E-state index contributed by atoms with van der Waals surface area (Å²) in [5.41, 5.74) is 0.837. The molecular weight excluding hydrogens is 390 g/mol. The molecule has 1 amide bonds. The number of nitrogens with one attached hydrogen (secondary N) is 1. The summed E-state index contributed by atoms with van der Waals surface area (Å²) in [6, 6.07) is 21.3. The summed E-state index contributed by atoms with van der Waals surface area (Å²) in [6.07, 6.45) is 1.21. The second-order valence-electron chi connectivity index (χ2n) is 6.29. The number of fused-ring (bicyclic) bond motifs is 1. The first-order valence-corrected chi connectivity index (χ1v) is 9.25. The first-order chi connectivity index (χ1) is 14.1. The highest BCUT2D eigenvalue weighted by Gasteiger charge is 2.12. The van der Waals surface area contributed by atoms with E-state index in [1.807, 2.05) is 30.3 Å². The van der Waals surface area contributed by atoms with Crippen LogP contribution in [0.5, 0.6) is 11.5 Å². The van der Waals surface area contributed by atoms with Gasteiger partial charge in [-0.05, 0) is 42.5 Å². The number of amides is 1. The number of ether oxygens (including phenoxy) is 1. The van der Waals surface area contributed by atoms with Gasteiger partial charge in [0.05, 0.1) is 17.4 Å². The van der Waals surface area contributed by atoms with Gasteiger partial charge in [-0.1, -0.05) is 41.9 Å². The Morgan fingerprint density at radius 2 is 1.79 bits per heavy atom. The molecule has 0 bridgehead atoms. The van der Waals surface area contributed by atoms with Crippen molar-refractivity contribution in [2.24, 2.45) is 0 Å². The molecule has 0 aliphatic carbocycles. The minimum absolute atomic E-state index is 0.0713. The number of benzene rings is 3. The van der Waals surface area contributed by atoms with E-state index in [1.54, 1.807) is 42.5 Å². The minimum atomic E-state index is -0.327. The van der Waals surface area contributed by atoms with Crippen LogP contribution in [0.1, 0.15) is 0 Å². The van der Waals surface area contributed by atoms with Crippen molar-refractivity contribution in [3.63, 3.8) is 0 Å². The fourth-order valence-corrected chi connectivity index (χ4v) is 3.09. The third kappa shape index (κ3) is 4.28. The Morgan fingerprint density at radius 3 is 2.62 bits per heavy atom. The molecule has 0 atom stereocenters. The Morgan fingerprint density at radius 1 is 1.03 bits per heavy atom. The lowest BCUT2D eigenvalue weighted by molar-refractivity contribution is -0.116. The Hall–Kier alpha value is -3.64. The van der Waals surface area contributed by atoms with E-state index >= 15 is 0 Å². The van der Waals surface area contributed by atoms with Crippen molar-refractivity contribution in [3.8, 4) is 11.5 Å². The molecule has 1 N–H and O–H groups in total. The van der Waals surface area contributed by atoms with E-state index < -0.39 is 0 Å². The smallest absolute Gasteiger partial charge is 0.246 e. The van der Waals surface area contributed by atoms with Crippen molar-refractivity contribution >= 4 is 34.1 Å². The molecule has 0 aliphatic heterocycles. The molecule has 0 saturated carbocycles. The maximum atomic E-state index is 12.7. The topological polar surface area (TPSA) is 73.2 Å². The summed E-state index contributed by atoms with van der Waals surface area (Å²) in [5, 5.41) is 7.86. The lowest BCUT2D eigenvalue weighted by Crippen LogP contribution is -2.22. The fourth-order valence-electron chi connectivity index (χ4n) is 2.92. The molecular formula is C22H16ClN3O3. The normalized spacial score (nSPS) is 10.7. The van der Waals surface area contributed by atoms with Gasteiger partial charge in [-0.15, -0.1) is 0 Å². The number of anilines is 1. The Balaban J connectivity index is 1.58. The second-order valence-corrected chi connectivity index (χ2v) is 6.72. The predicted octanol–water partition coefficient (Wildman–Crippen LogP) is 4.48. The van der Waals surface area contributed by atoms with Crippen LogP contribution in [-0.2, 0) is 11.3 Å². The van der Waals surface area contributed by atoms with Crippen LogP contribution >= 0.6 is 11.6 Å². The van der Waals surface area contributed by atoms with Gasteiger partial charge in [-0.25, -0.2) is 0 Å². The van der Waals surface area contributed by atoms with Gasteiger partial charge in [-0.3, -0.25) is 14.3 Å². The molecule has 6 nitrogen and oxygen atoms in total. The Bertz CT molecular complexity index is 1240. The summed E-state index contributed by atoms with van der Waals surface area (Å²) >= 11 is 6.10. The molecule has 0 unspecified atom stereocenters. The molecule has 4 rings (SSSR count). The monoisotopic (exact) mass is 405 g/mol. The van der Waals surface area contributed by atoms with Gasteiger partial charge in [0.1, 0.15) is 12.3 Å². The van der Waals surface area contributed by atoms with Crippen molar-refractivity contribution in [2.75, 3.05) is 5.32 Å². The molecule has 3 aromatic carbocycles. The van der Waals surface area contributed by atoms with Gasteiger partial charge in [0, 0.05) is 10.4 Å². The average Bonchev–Trinajstić information content (AvgIpc) is 2.73. The van der Waals surface area contributed by atoms with Crippen LogP contribution < -0.4 is 15.5 Å². The number of carbonyl (C=O) groups is 1. The summed E-state index contributed by atoms with van der Waals surface area (Å²) in [5.74, 6) is 0.775. The predicted molar refractivity (Wildman–Crippen MR) is 113 cm³/mol.